The van der Waals surface area contributed by atoms with Gasteiger partial charge in [0.05, 0.1) is 7.11 Å². The Hall–Kier alpha value is -1.49. The molecule has 1 unspecified atom stereocenters. The zero-order chi connectivity index (χ0) is 19.1. The van der Waals surface area contributed by atoms with Crippen LogP contribution in [0, 0.1) is 0 Å². The summed E-state index contributed by atoms with van der Waals surface area (Å²) in [7, 11) is 1.67. The van der Waals surface area contributed by atoms with Gasteiger partial charge in [-0.3, -0.25) is 0 Å². The van der Waals surface area contributed by atoms with Gasteiger partial charge in [-0.2, -0.15) is 0 Å². The SMILES string of the molecule is CCN(C(=S)NCc1ccc(Cl)cc1Cl)C(C)Cc1ccc(OC)cc1. The molecule has 0 radical (unpaired) electrons. The quantitative estimate of drug-likeness (QED) is 0.623. The number of hydrogen-bond donors (Lipinski definition) is 1. The van der Waals surface area contributed by atoms with E-state index in [9.17, 15) is 0 Å². The maximum atomic E-state index is 6.23. The standard InChI is InChI=1S/C20H24Cl2N2OS/c1-4-24(14(2)11-15-5-9-18(25-3)10-6-15)20(26)23-13-16-7-8-17(21)12-19(16)22/h5-10,12,14H,4,11,13H2,1-3H3,(H,23,26). The van der Waals surface area contributed by atoms with Crippen molar-refractivity contribution in [3.05, 3.63) is 63.6 Å². The molecule has 1 N–H and O–H groups in total. The molecule has 0 aliphatic carbocycles. The van der Waals surface area contributed by atoms with Crippen LogP contribution >= 0.6 is 35.4 Å². The summed E-state index contributed by atoms with van der Waals surface area (Å²) in [5, 5.41) is 5.30. The Morgan fingerprint density at radius 2 is 1.88 bits per heavy atom. The van der Waals surface area contributed by atoms with Crippen LogP contribution in [0.4, 0.5) is 0 Å². The lowest BCUT2D eigenvalue weighted by Gasteiger charge is -2.31. The molecule has 0 heterocycles. The highest BCUT2D eigenvalue weighted by Gasteiger charge is 2.16. The first-order valence-electron chi connectivity index (χ1n) is 8.56. The van der Waals surface area contributed by atoms with Gasteiger partial charge in [-0.1, -0.05) is 41.4 Å². The van der Waals surface area contributed by atoms with E-state index in [0.29, 0.717) is 16.6 Å². The van der Waals surface area contributed by atoms with Crippen molar-refractivity contribution in [2.24, 2.45) is 0 Å². The molecule has 1 atom stereocenters. The third-order valence-electron chi connectivity index (χ3n) is 4.27. The topological polar surface area (TPSA) is 24.5 Å². The summed E-state index contributed by atoms with van der Waals surface area (Å²) in [4.78, 5) is 2.18. The Morgan fingerprint density at radius 1 is 1.19 bits per heavy atom. The van der Waals surface area contributed by atoms with Crippen LogP contribution in [0.15, 0.2) is 42.5 Å². The van der Waals surface area contributed by atoms with Crippen LogP contribution in [0.5, 0.6) is 5.75 Å². The molecule has 0 spiro atoms. The van der Waals surface area contributed by atoms with Crippen LogP contribution in [0.2, 0.25) is 10.0 Å². The number of likely N-dealkylation sites (N-methyl/N-ethyl adjacent to an activating group) is 1. The van der Waals surface area contributed by atoms with Gasteiger partial charge in [0.1, 0.15) is 5.75 Å². The van der Waals surface area contributed by atoms with Crippen LogP contribution in [0.3, 0.4) is 0 Å². The molecule has 0 amide bonds. The van der Waals surface area contributed by atoms with Gasteiger partial charge in [-0.05, 0) is 67.9 Å². The van der Waals surface area contributed by atoms with E-state index in [4.69, 9.17) is 40.2 Å². The van der Waals surface area contributed by atoms with Gasteiger partial charge in [0, 0.05) is 29.2 Å². The summed E-state index contributed by atoms with van der Waals surface area (Å²) < 4.78 is 5.21. The highest BCUT2D eigenvalue weighted by molar-refractivity contribution is 7.80. The molecule has 0 bridgehead atoms. The van der Waals surface area contributed by atoms with Gasteiger partial charge in [0.2, 0.25) is 0 Å². The Bertz CT molecular complexity index is 737. The molecule has 2 rings (SSSR count). The maximum Gasteiger partial charge on any atom is 0.169 e. The molecule has 0 fully saturated rings. The number of thiocarbonyl (C=S) groups is 1. The number of benzene rings is 2. The number of rotatable bonds is 7. The van der Waals surface area contributed by atoms with Crippen LogP contribution in [0.25, 0.3) is 0 Å². The molecular formula is C20H24Cl2N2OS. The zero-order valence-electron chi connectivity index (χ0n) is 15.3. The largest absolute Gasteiger partial charge is 0.497 e. The fourth-order valence-electron chi connectivity index (χ4n) is 2.81. The smallest absolute Gasteiger partial charge is 0.169 e. The van der Waals surface area contributed by atoms with Crippen molar-refractivity contribution in [1.29, 1.82) is 0 Å². The number of halogens is 2. The Balaban J connectivity index is 1.95. The predicted molar refractivity (Wildman–Crippen MR) is 114 cm³/mol. The Kier molecular flexibility index (Phi) is 8.01. The molecule has 26 heavy (non-hydrogen) atoms. The van der Waals surface area contributed by atoms with E-state index < -0.39 is 0 Å². The number of hydrogen-bond acceptors (Lipinski definition) is 2. The zero-order valence-corrected chi connectivity index (χ0v) is 17.6. The highest BCUT2D eigenvalue weighted by Crippen LogP contribution is 2.21. The van der Waals surface area contributed by atoms with E-state index in [1.807, 2.05) is 24.3 Å². The minimum Gasteiger partial charge on any atom is -0.497 e. The van der Waals surface area contributed by atoms with Crippen molar-refractivity contribution in [2.45, 2.75) is 32.9 Å². The average molecular weight is 411 g/mol. The van der Waals surface area contributed by atoms with Gasteiger partial charge in [0.25, 0.3) is 0 Å². The lowest BCUT2D eigenvalue weighted by atomic mass is 10.1. The molecule has 3 nitrogen and oxygen atoms in total. The fourth-order valence-corrected chi connectivity index (χ4v) is 3.66. The summed E-state index contributed by atoms with van der Waals surface area (Å²) in [6.45, 7) is 5.68. The van der Waals surface area contributed by atoms with E-state index in [1.54, 1.807) is 13.2 Å². The minimum atomic E-state index is 0.272. The van der Waals surface area contributed by atoms with Crippen molar-refractivity contribution in [3.63, 3.8) is 0 Å². The average Bonchev–Trinajstić information content (AvgIpc) is 2.62. The second kappa shape index (κ2) is 10.0. The van der Waals surface area contributed by atoms with E-state index in [-0.39, 0.29) is 6.04 Å². The molecule has 0 aliphatic heterocycles. The van der Waals surface area contributed by atoms with Gasteiger partial charge in [-0.15, -0.1) is 0 Å². The molecule has 0 saturated heterocycles. The number of methoxy groups -OCH3 is 1. The second-order valence-electron chi connectivity index (χ2n) is 6.08. The van der Waals surface area contributed by atoms with Gasteiger partial charge >= 0.3 is 0 Å². The first-order chi connectivity index (χ1) is 12.4. The van der Waals surface area contributed by atoms with Crippen LogP contribution < -0.4 is 10.1 Å². The first-order valence-corrected chi connectivity index (χ1v) is 9.72. The summed E-state index contributed by atoms with van der Waals surface area (Å²) in [5.41, 5.74) is 2.22. The third-order valence-corrected chi connectivity index (χ3v) is 5.23. The monoisotopic (exact) mass is 410 g/mol. The van der Waals surface area contributed by atoms with Crippen molar-refractivity contribution in [2.75, 3.05) is 13.7 Å². The molecule has 0 saturated carbocycles. The summed E-state index contributed by atoms with van der Waals surface area (Å²) in [6, 6.07) is 13.9. The minimum absolute atomic E-state index is 0.272. The van der Waals surface area contributed by atoms with E-state index >= 15 is 0 Å². The number of nitrogens with one attached hydrogen (secondary N) is 1. The lowest BCUT2D eigenvalue weighted by molar-refractivity contribution is 0.337. The van der Waals surface area contributed by atoms with E-state index in [0.717, 1.165) is 29.4 Å². The fraction of sp³-hybridized carbons (Fsp3) is 0.350. The molecule has 2 aromatic rings. The van der Waals surface area contributed by atoms with Crippen molar-refractivity contribution >= 4 is 40.5 Å². The summed E-state index contributed by atoms with van der Waals surface area (Å²) in [6.07, 6.45) is 0.904. The molecule has 2 aromatic carbocycles. The van der Waals surface area contributed by atoms with Crippen LogP contribution in [-0.2, 0) is 13.0 Å². The first kappa shape index (κ1) is 20.8. The van der Waals surface area contributed by atoms with Crippen molar-refractivity contribution in [1.82, 2.24) is 10.2 Å². The number of nitrogens with zero attached hydrogens (tertiary/aromatic N) is 1. The molecule has 6 heteroatoms. The van der Waals surface area contributed by atoms with Crippen molar-refractivity contribution in [3.8, 4) is 5.75 Å². The summed E-state index contributed by atoms with van der Waals surface area (Å²) in [5.74, 6) is 0.866. The summed E-state index contributed by atoms with van der Waals surface area (Å²) >= 11 is 17.8. The van der Waals surface area contributed by atoms with Gasteiger partial charge in [0.15, 0.2) is 5.11 Å². The highest BCUT2D eigenvalue weighted by atomic mass is 35.5. The third kappa shape index (κ3) is 5.76. The number of ether oxygens (including phenoxy) is 1. The second-order valence-corrected chi connectivity index (χ2v) is 7.31. The lowest BCUT2D eigenvalue weighted by Crippen LogP contribution is -2.45. The van der Waals surface area contributed by atoms with Crippen LogP contribution in [-0.4, -0.2) is 29.7 Å². The predicted octanol–water partition coefficient (Wildman–Crippen LogP) is 5.33. The molecule has 0 aromatic heterocycles. The maximum absolute atomic E-state index is 6.23. The van der Waals surface area contributed by atoms with Gasteiger partial charge in [-0.25, -0.2) is 0 Å². The van der Waals surface area contributed by atoms with Crippen LogP contribution in [0.1, 0.15) is 25.0 Å². The molecular weight excluding hydrogens is 387 g/mol. The Morgan fingerprint density at radius 3 is 2.46 bits per heavy atom. The Labute approximate surface area is 171 Å². The van der Waals surface area contributed by atoms with Crippen molar-refractivity contribution < 1.29 is 4.74 Å². The normalized spacial score (nSPS) is 11.7. The van der Waals surface area contributed by atoms with E-state index in [1.165, 1.54) is 5.56 Å². The molecule has 140 valence electrons. The van der Waals surface area contributed by atoms with E-state index in [2.05, 4.69) is 36.2 Å². The van der Waals surface area contributed by atoms with Gasteiger partial charge < -0.3 is 15.0 Å². The molecule has 0 aliphatic rings.